The molecule has 0 radical (unpaired) electrons. The summed E-state index contributed by atoms with van der Waals surface area (Å²) >= 11 is 0. The fraction of sp³-hybridized carbons (Fsp3) is 0.933. The summed E-state index contributed by atoms with van der Waals surface area (Å²) in [4.78, 5) is 14.0. The highest BCUT2D eigenvalue weighted by atomic mass is 16.5. The topological polar surface area (TPSA) is 61.8 Å². The molecule has 5 heteroatoms. The second-order valence-electron chi connectivity index (χ2n) is 6.60. The summed E-state index contributed by atoms with van der Waals surface area (Å²) in [5.41, 5.74) is -0.819. The second-order valence-corrected chi connectivity index (χ2v) is 6.60. The number of rotatable bonds is 7. The van der Waals surface area contributed by atoms with Gasteiger partial charge in [0.1, 0.15) is 5.54 Å². The smallest absolute Gasteiger partial charge is 0.323 e. The maximum absolute atomic E-state index is 11.6. The molecule has 0 bridgehead atoms. The molecule has 3 atom stereocenters. The van der Waals surface area contributed by atoms with E-state index in [0.717, 1.165) is 38.8 Å². The van der Waals surface area contributed by atoms with Gasteiger partial charge >= 0.3 is 5.97 Å². The molecule has 0 aromatic carbocycles. The van der Waals surface area contributed by atoms with Crippen LogP contribution in [0.2, 0.25) is 0 Å². The molecule has 1 saturated heterocycles. The molecule has 5 nitrogen and oxygen atoms in total. The Morgan fingerprint density at radius 3 is 2.75 bits per heavy atom. The summed E-state index contributed by atoms with van der Waals surface area (Å²) < 4.78 is 5.45. The third kappa shape index (κ3) is 3.93. The van der Waals surface area contributed by atoms with Crippen LogP contribution in [-0.4, -0.2) is 59.9 Å². The number of piperidine rings is 1. The van der Waals surface area contributed by atoms with Crippen LogP contribution in [0.3, 0.4) is 0 Å². The largest absolute Gasteiger partial charge is 0.480 e. The summed E-state index contributed by atoms with van der Waals surface area (Å²) in [6, 6.07) is 0.650. The van der Waals surface area contributed by atoms with E-state index in [0.29, 0.717) is 18.6 Å². The van der Waals surface area contributed by atoms with Crippen molar-refractivity contribution in [1.82, 2.24) is 10.2 Å². The van der Waals surface area contributed by atoms with Crippen molar-refractivity contribution in [2.75, 3.05) is 20.2 Å². The molecule has 3 unspecified atom stereocenters. The van der Waals surface area contributed by atoms with Gasteiger partial charge in [0.15, 0.2) is 0 Å². The average Bonchev–Trinajstić information content (AvgIpc) is 3.22. The molecule has 1 aliphatic carbocycles. The summed E-state index contributed by atoms with van der Waals surface area (Å²) in [7, 11) is 1.76. The van der Waals surface area contributed by atoms with Crippen LogP contribution in [0.4, 0.5) is 0 Å². The molecule has 0 amide bonds. The van der Waals surface area contributed by atoms with Crippen LogP contribution in [0.5, 0.6) is 0 Å². The Kier molecular flexibility index (Phi) is 5.04. The number of nitrogens with one attached hydrogen (secondary N) is 1. The van der Waals surface area contributed by atoms with Gasteiger partial charge in [-0.15, -0.1) is 0 Å². The van der Waals surface area contributed by atoms with E-state index in [4.69, 9.17) is 4.74 Å². The summed E-state index contributed by atoms with van der Waals surface area (Å²) in [5, 5.41) is 12.9. The van der Waals surface area contributed by atoms with E-state index in [9.17, 15) is 9.90 Å². The first-order valence-corrected chi connectivity index (χ1v) is 7.72. The van der Waals surface area contributed by atoms with E-state index in [2.05, 4.69) is 17.1 Å². The second kappa shape index (κ2) is 6.41. The Labute approximate surface area is 121 Å². The Bertz CT molecular complexity index is 346. The van der Waals surface area contributed by atoms with Gasteiger partial charge in [-0.3, -0.25) is 15.0 Å². The highest BCUT2D eigenvalue weighted by molar-refractivity contribution is 5.78. The van der Waals surface area contributed by atoms with Crippen molar-refractivity contribution in [3.63, 3.8) is 0 Å². The molecule has 1 aliphatic heterocycles. The summed E-state index contributed by atoms with van der Waals surface area (Å²) in [5.74, 6) is -0.739. The first-order valence-electron chi connectivity index (χ1n) is 7.72. The van der Waals surface area contributed by atoms with Crippen LogP contribution in [0.15, 0.2) is 0 Å². The molecule has 2 fully saturated rings. The number of hydrogen-bond acceptors (Lipinski definition) is 4. The number of aliphatic carboxylic acids is 1. The van der Waals surface area contributed by atoms with Crippen LogP contribution in [0, 0.1) is 0 Å². The van der Waals surface area contributed by atoms with Crippen molar-refractivity contribution in [3.8, 4) is 0 Å². The molecular formula is C15H28N2O3. The van der Waals surface area contributed by atoms with Gasteiger partial charge < -0.3 is 9.84 Å². The fourth-order valence-electron chi connectivity index (χ4n) is 3.16. The number of nitrogens with zero attached hydrogens (tertiary/aromatic N) is 1. The molecular weight excluding hydrogens is 256 g/mol. The van der Waals surface area contributed by atoms with Gasteiger partial charge in [0.05, 0.1) is 6.10 Å². The molecule has 116 valence electrons. The molecule has 0 aromatic heterocycles. The lowest BCUT2D eigenvalue weighted by Crippen LogP contribution is -2.55. The van der Waals surface area contributed by atoms with Gasteiger partial charge in [-0.25, -0.2) is 0 Å². The zero-order valence-electron chi connectivity index (χ0n) is 12.9. The zero-order valence-corrected chi connectivity index (χ0v) is 12.9. The minimum absolute atomic E-state index is 0.250. The van der Waals surface area contributed by atoms with E-state index < -0.39 is 11.5 Å². The number of methoxy groups -OCH3 is 1. The van der Waals surface area contributed by atoms with Crippen molar-refractivity contribution >= 4 is 5.97 Å². The number of carboxylic acid groups (broad SMARTS) is 1. The van der Waals surface area contributed by atoms with Gasteiger partial charge in [0.25, 0.3) is 0 Å². The normalized spacial score (nSPS) is 28.9. The number of hydrogen-bond donors (Lipinski definition) is 2. The number of likely N-dealkylation sites (tertiary alicyclic amines) is 1. The number of ether oxygens (including phenoxy) is 1. The average molecular weight is 284 g/mol. The van der Waals surface area contributed by atoms with Gasteiger partial charge in [0, 0.05) is 25.7 Å². The lowest BCUT2D eigenvalue weighted by atomic mass is 9.91. The highest BCUT2D eigenvalue weighted by Crippen LogP contribution is 2.27. The number of carbonyl (C=O) groups is 1. The van der Waals surface area contributed by atoms with Gasteiger partial charge in [-0.1, -0.05) is 0 Å². The van der Waals surface area contributed by atoms with E-state index in [-0.39, 0.29) is 6.04 Å². The maximum Gasteiger partial charge on any atom is 0.323 e. The summed E-state index contributed by atoms with van der Waals surface area (Å²) in [6.07, 6.45) is 5.37. The van der Waals surface area contributed by atoms with Crippen molar-refractivity contribution in [1.29, 1.82) is 0 Å². The van der Waals surface area contributed by atoms with Crippen LogP contribution >= 0.6 is 0 Å². The number of carboxylic acids is 1. The van der Waals surface area contributed by atoms with Crippen LogP contribution in [0.1, 0.15) is 46.0 Å². The molecule has 1 heterocycles. The highest BCUT2D eigenvalue weighted by Gasteiger charge is 2.40. The molecule has 0 aromatic rings. The maximum atomic E-state index is 11.6. The van der Waals surface area contributed by atoms with Crippen molar-refractivity contribution in [3.05, 3.63) is 0 Å². The van der Waals surface area contributed by atoms with Crippen LogP contribution in [0.25, 0.3) is 0 Å². The minimum Gasteiger partial charge on any atom is -0.480 e. The van der Waals surface area contributed by atoms with E-state index in [1.807, 2.05) is 6.92 Å². The fourth-order valence-corrected chi connectivity index (χ4v) is 3.16. The van der Waals surface area contributed by atoms with Crippen LogP contribution < -0.4 is 5.32 Å². The molecule has 2 rings (SSSR count). The van der Waals surface area contributed by atoms with E-state index in [1.165, 1.54) is 0 Å². The monoisotopic (exact) mass is 284 g/mol. The summed E-state index contributed by atoms with van der Waals surface area (Å²) in [6.45, 7) is 5.91. The molecule has 2 N–H and O–H groups in total. The lowest BCUT2D eigenvalue weighted by molar-refractivity contribution is -0.145. The van der Waals surface area contributed by atoms with Crippen molar-refractivity contribution in [2.24, 2.45) is 0 Å². The molecule has 1 saturated carbocycles. The zero-order chi connectivity index (χ0) is 14.8. The molecule has 20 heavy (non-hydrogen) atoms. The van der Waals surface area contributed by atoms with E-state index in [1.54, 1.807) is 7.11 Å². The molecule has 2 aliphatic rings. The van der Waals surface area contributed by atoms with Gasteiger partial charge in [0.2, 0.25) is 0 Å². The van der Waals surface area contributed by atoms with Gasteiger partial charge in [-0.2, -0.15) is 0 Å². The molecule has 0 spiro atoms. The third-order valence-corrected chi connectivity index (χ3v) is 4.64. The van der Waals surface area contributed by atoms with Gasteiger partial charge in [-0.05, 0) is 52.5 Å². The van der Waals surface area contributed by atoms with Crippen molar-refractivity contribution < 1.29 is 14.6 Å². The Hall–Kier alpha value is -0.650. The standard InChI is InChI=1S/C15H28N2O3/c1-11(17-8-4-5-13(10-17)20-3)9-15(2,14(18)19)16-12-6-7-12/h11-13,16H,4-10H2,1-3H3,(H,18,19). The lowest BCUT2D eigenvalue weighted by Gasteiger charge is -2.39. The third-order valence-electron chi connectivity index (χ3n) is 4.64. The predicted octanol–water partition coefficient (Wildman–Crippen LogP) is 1.47. The minimum atomic E-state index is -0.819. The Morgan fingerprint density at radius 2 is 2.20 bits per heavy atom. The van der Waals surface area contributed by atoms with Crippen molar-refractivity contribution in [2.45, 2.75) is 69.7 Å². The van der Waals surface area contributed by atoms with E-state index >= 15 is 0 Å². The Balaban J connectivity index is 1.93. The predicted molar refractivity (Wildman–Crippen MR) is 77.9 cm³/mol. The Morgan fingerprint density at radius 1 is 1.50 bits per heavy atom. The first-order chi connectivity index (χ1) is 9.44. The SMILES string of the molecule is COC1CCCN(C(C)CC(C)(NC2CC2)C(=O)O)C1. The van der Waals surface area contributed by atoms with Crippen LogP contribution in [-0.2, 0) is 9.53 Å². The quantitative estimate of drug-likeness (QED) is 0.741. The first kappa shape index (κ1) is 15.7.